The highest BCUT2D eigenvalue weighted by Gasteiger charge is 2.05. The Labute approximate surface area is 117 Å². The van der Waals surface area contributed by atoms with Crippen LogP contribution in [0.5, 0.6) is 0 Å². The minimum atomic E-state index is 0.619. The molecule has 0 saturated heterocycles. The van der Waals surface area contributed by atoms with Crippen LogP contribution in [0.25, 0.3) is 0 Å². The average molecular weight is 265 g/mol. The summed E-state index contributed by atoms with van der Waals surface area (Å²) in [4.78, 5) is 1.37. The molecule has 0 aromatic heterocycles. The third-order valence-corrected chi connectivity index (χ3v) is 3.98. The zero-order chi connectivity index (χ0) is 13.5. The number of rotatable bonds is 7. The van der Waals surface area contributed by atoms with Gasteiger partial charge in [0.1, 0.15) is 0 Å². The minimum Gasteiger partial charge on any atom is -0.315 e. The van der Waals surface area contributed by atoms with Crippen LogP contribution in [0, 0.1) is 5.92 Å². The van der Waals surface area contributed by atoms with E-state index in [9.17, 15) is 0 Å². The standard InChI is InChI=1S/C16H27NS/c1-12(2)10-17-11-14(5)18-16-8-6-15(7-9-16)13(3)4/h6-9,12-14,17H,10-11H2,1-5H3. The van der Waals surface area contributed by atoms with Gasteiger partial charge in [-0.05, 0) is 36.1 Å². The molecule has 1 aromatic carbocycles. The molecule has 0 saturated carbocycles. The zero-order valence-corrected chi connectivity index (χ0v) is 13.2. The minimum absolute atomic E-state index is 0.619. The summed E-state index contributed by atoms with van der Waals surface area (Å²) in [6, 6.07) is 9.00. The third kappa shape index (κ3) is 5.92. The molecule has 1 nitrogen and oxygen atoms in total. The highest BCUT2D eigenvalue weighted by Crippen LogP contribution is 2.25. The lowest BCUT2D eigenvalue weighted by Gasteiger charge is -2.14. The van der Waals surface area contributed by atoms with Crippen molar-refractivity contribution in [2.45, 2.75) is 50.7 Å². The summed E-state index contributed by atoms with van der Waals surface area (Å²) in [5.41, 5.74) is 1.42. The summed E-state index contributed by atoms with van der Waals surface area (Å²) in [6.07, 6.45) is 0. The molecule has 0 fully saturated rings. The van der Waals surface area contributed by atoms with Gasteiger partial charge >= 0.3 is 0 Å². The molecule has 1 rings (SSSR count). The molecule has 0 heterocycles. The van der Waals surface area contributed by atoms with Crippen LogP contribution in [-0.2, 0) is 0 Å². The molecular formula is C16H27NS. The van der Waals surface area contributed by atoms with E-state index in [1.807, 2.05) is 11.8 Å². The quantitative estimate of drug-likeness (QED) is 0.727. The zero-order valence-electron chi connectivity index (χ0n) is 12.4. The Morgan fingerprint density at radius 2 is 1.56 bits per heavy atom. The second kappa shape index (κ2) is 7.85. The van der Waals surface area contributed by atoms with Crippen molar-refractivity contribution in [1.82, 2.24) is 5.32 Å². The van der Waals surface area contributed by atoms with E-state index < -0.39 is 0 Å². The van der Waals surface area contributed by atoms with E-state index in [-0.39, 0.29) is 0 Å². The summed E-state index contributed by atoms with van der Waals surface area (Å²) >= 11 is 1.95. The molecular weight excluding hydrogens is 238 g/mol. The molecule has 0 spiro atoms. The van der Waals surface area contributed by atoms with E-state index in [0.29, 0.717) is 11.2 Å². The van der Waals surface area contributed by atoms with Crippen LogP contribution in [0.4, 0.5) is 0 Å². The van der Waals surface area contributed by atoms with Crippen molar-refractivity contribution in [1.29, 1.82) is 0 Å². The first-order valence-electron chi connectivity index (χ1n) is 6.96. The first-order valence-corrected chi connectivity index (χ1v) is 7.84. The van der Waals surface area contributed by atoms with E-state index in [0.717, 1.165) is 19.0 Å². The highest BCUT2D eigenvalue weighted by atomic mass is 32.2. The summed E-state index contributed by atoms with van der Waals surface area (Å²) in [6.45, 7) is 13.4. The van der Waals surface area contributed by atoms with Crippen LogP contribution in [0.2, 0.25) is 0 Å². The predicted molar refractivity (Wildman–Crippen MR) is 83.6 cm³/mol. The van der Waals surface area contributed by atoms with Gasteiger partial charge in [-0.3, -0.25) is 0 Å². The van der Waals surface area contributed by atoms with Crippen molar-refractivity contribution in [2.24, 2.45) is 5.92 Å². The SMILES string of the molecule is CC(C)CNCC(C)Sc1ccc(C(C)C)cc1. The molecule has 0 bridgehead atoms. The first kappa shape index (κ1) is 15.6. The highest BCUT2D eigenvalue weighted by molar-refractivity contribution is 8.00. The van der Waals surface area contributed by atoms with Gasteiger partial charge in [-0.25, -0.2) is 0 Å². The van der Waals surface area contributed by atoms with Crippen LogP contribution in [-0.4, -0.2) is 18.3 Å². The van der Waals surface area contributed by atoms with E-state index in [1.54, 1.807) is 0 Å². The van der Waals surface area contributed by atoms with Gasteiger partial charge in [-0.1, -0.05) is 46.8 Å². The van der Waals surface area contributed by atoms with Crippen molar-refractivity contribution < 1.29 is 0 Å². The Kier molecular flexibility index (Phi) is 6.80. The van der Waals surface area contributed by atoms with Gasteiger partial charge in [-0.2, -0.15) is 0 Å². The van der Waals surface area contributed by atoms with Crippen molar-refractivity contribution in [3.05, 3.63) is 29.8 Å². The monoisotopic (exact) mass is 265 g/mol. The lowest BCUT2D eigenvalue weighted by Crippen LogP contribution is -2.26. The van der Waals surface area contributed by atoms with Crippen LogP contribution in [0.3, 0.4) is 0 Å². The number of thioether (sulfide) groups is 1. The summed E-state index contributed by atoms with van der Waals surface area (Å²) in [5, 5.41) is 4.13. The molecule has 1 unspecified atom stereocenters. The van der Waals surface area contributed by atoms with Crippen molar-refractivity contribution >= 4 is 11.8 Å². The molecule has 0 amide bonds. The molecule has 0 aliphatic carbocycles. The van der Waals surface area contributed by atoms with Crippen molar-refractivity contribution in [2.75, 3.05) is 13.1 Å². The molecule has 18 heavy (non-hydrogen) atoms. The van der Waals surface area contributed by atoms with E-state index in [4.69, 9.17) is 0 Å². The number of hydrogen-bond acceptors (Lipinski definition) is 2. The van der Waals surface area contributed by atoms with Gasteiger partial charge < -0.3 is 5.32 Å². The fourth-order valence-electron chi connectivity index (χ4n) is 1.78. The molecule has 2 heteroatoms. The predicted octanol–water partition coefficient (Wildman–Crippen LogP) is 4.54. The van der Waals surface area contributed by atoms with Gasteiger partial charge in [0.2, 0.25) is 0 Å². The van der Waals surface area contributed by atoms with Crippen molar-refractivity contribution in [3.8, 4) is 0 Å². The van der Waals surface area contributed by atoms with E-state index >= 15 is 0 Å². The average Bonchev–Trinajstić information content (AvgIpc) is 2.29. The fraction of sp³-hybridized carbons (Fsp3) is 0.625. The van der Waals surface area contributed by atoms with Crippen LogP contribution in [0.1, 0.15) is 46.1 Å². The van der Waals surface area contributed by atoms with Gasteiger partial charge in [0.25, 0.3) is 0 Å². The van der Waals surface area contributed by atoms with Gasteiger partial charge in [-0.15, -0.1) is 11.8 Å². The lowest BCUT2D eigenvalue weighted by molar-refractivity contribution is 0.554. The molecule has 102 valence electrons. The largest absolute Gasteiger partial charge is 0.315 e. The number of nitrogens with one attached hydrogen (secondary N) is 1. The Hall–Kier alpha value is -0.470. The summed E-state index contributed by atoms with van der Waals surface area (Å²) in [7, 11) is 0. The van der Waals surface area contributed by atoms with Crippen molar-refractivity contribution in [3.63, 3.8) is 0 Å². The number of benzene rings is 1. The molecule has 1 N–H and O–H groups in total. The van der Waals surface area contributed by atoms with E-state index in [1.165, 1.54) is 10.5 Å². The Morgan fingerprint density at radius 3 is 2.06 bits per heavy atom. The molecule has 0 aliphatic heterocycles. The molecule has 1 aromatic rings. The molecule has 1 atom stereocenters. The Balaban J connectivity index is 2.37. The summed E-state index contributed by atoms with van der Waals surface area (Å²) in [5.74, 6) is 1.35. The van der Waals surface area contributed by atoms with Gasteiger partial charge in [0, 0.05) is 16.7 Å². The first-order chi connectivity index (χ1) is 8.49. The van der Waals surface area contributed by atoms with Crippen LogP contribution < -0.4 is 5.32 Å². The number of hydrogen-bond donors (Lipinski definition) is 1. The smallest absolute Gasteiger partial charge is 0.0191 e. The third-order valence-electron chi connectivity index (χ3n) is 2.87. The molecule has 0 aliphatic rings. The second-order valence-electron chi connectivity index (χ2n) is 5.70. The Morgan fingerprint density at radius 1 is 0.944 bits per heavy atom. The topological polar surface area (TPSA) is 12.0 Å². The fourth-order valence-corrected chi connectivity index (χ4v) is 2.74. The maximum atomic E-state index is 3.51. The van der Waals surface area contributed by atoms with Crippen LogP contribution in [0.15, 0.2) is 29.2 Å². The summed E-state index contributed by atoms with van der Waals surface area (Å²) < 4.78 is 0. The Bertz CT molecular complexity index is 329. The maximum Gasteiger partial charge on any atom is 0.0191 e. The second-order valence-corrected chi connectivity index (χ2v) is 7.22. The van der Waals surface area contributed by atoms with Crippen LogP contribution >= 0.6 is 11.8 Å². The van der Waals surface area contributed by atoms with E-state index in [2.05, 4.69) is 64.2 Å². The molecule has 0 radical (unpaired) electrons. The normalized spacial score (nSPS) is 13.3. The van der Waals surface area contributed by atoms with Gasteiger partial charge in [0.05, 0.1) is 0 Å². The van der Waals surface area contributed by atoms with Gasteiger partial charge in [0.15, 0.2) is 0 Å². The lowest BCUT2D eigenvalue weighted by atomic mass is 10.0. The maximum absolute atomic E-state index is 3.51.